The molecular weight excluding hydrogens is 193 g/mol. The van der Waals surface area contributed by atoms with Crippen molar-refractivity contribution in [2.45, 2.75) is 37.8 Å². The lowest BCUT2D eigenvalue weighted by Gasteiger charge is -2.42. The van der Waals surface area contributed by atoms with Gasteiger partial charge in [-0.2, -0.15) is 0 Å². The standard InChI is InChI=1S/C12H16FNO/c1-8-4-10(13)3-2-9(8)5-12(15)6-11(14)7-12/h2-4,11,15H,5-7,14H2,1H3. The molecule has 0 saturated heterocycles. The Bertz CT molecular complexity index is 372. The van der Waals surface area contributed by atoms with E-state index < -0.39 is 5.60 Å². The molecule has 1 aliphatic carbocycles. The summed E-state index contributed by atoms with van der Waals surface area (Å²) in [5.74, 6) is -0.228. The molecule has 3 N–H and O–H groups in total. The van der Waals surface area contributed by atoms with E-state index in [-0.39, 0.29) is 11.9 Å². The van der Waals surface area contributed by atoms with Gasteiger partial charge in [0.2, 0.25) is 0 Å². The molecule has 0 heterocycles. The van der Waals surface area contributed by atoms with E-state index in [0.29, 0.717) is 19.3 Å². The van der Waals surface area contributed by atoms with E-state index in [1.54, 1.807) is 6.07 Å². The third kappa shape index (κ3) is 2.19. The monoisotopic (exact) mass is 209 g/mol. The Labute approximate surface area is 88.9 Å². The van der Waals surface area contributed by atoms with Crippen LogP contribution >= 0.6 is 0 Å². The fourth-order valence-electron chi connectivity index (χ4n) is 2.27. The average molecular weight is 209 g/mol. The Morgan fingerprint density at radius 1 is 1.53 bits per heavy atom. The maximum Gasteiger partial charge on any atom is 0.123 e. The van der Waals surface area contributed by atoms with Crippen LogP contribution in [0.2, 0.25) is 0 Å². The lowest BCUT2D eigenvalue weighted by Crippen LogP contribution is -2.52. The first-order valence-corrected chi connectivity index (χ1v) is 5.21. The molecule has 1 aromatic carbocycles. The number of aryl methyl sites for hydroxylation is 1. The van der Waals surface area contributed by atoms with Crippen LogP contribution in [0.1, 0.15) is 24.0 Å². The van der Waals surface area contributed by atoms with Crippen molar-refractivity contribution in [2.75, 3.05) is 0 Å². The minimum atomic E-state index is -0.665. The first-order valence-electron chi connectivity index (χ1n) is 5.21. The van der Waals surface area contributed by atoms with E-state index in [2.05, 4.69) is 0 Å². The van der Waals surface area contributed by atoms with Crippen molar-refractivity contribution >= 4 is 0 Å². The molecule has 15 heavy (non-hydrogen) atoms. The van der Waals surface area contributed by atoms with Gasteiger partial charge in [-0.3, -0.25) is 0 Å². The van der Waals surface area contributed by atoms with E-state index in [1.807, 2.05) is 6.92 Å². The molecule has 0 amide bonds. The van der Waals surface area contributed by atoms with Crippen molar-refractivity contribution in [1.82, 2.24) is 0 Å². The first-order chi connectivity index (χ1) is 6.98. The molecule has 1 aliphatic rings. The van der Waals surface area contributed by atoms with Crippen molar-refractivity contribution in [1.29, 1.82) is 0 Å². The van der Waals surface area contributed by atoms with Crippen LogP contribution < -0.4 is 5.73 Å². The molecule has 1 saturated carbocycles. The minimum absolute atomic E-state index is 0.121. The highest BCUT2D eigenvalue weighted by atomic mass is 19.1. The van der Waals surface area contributed by atoms with Crippen molar-refractivity contribution < 1.29 is 9.50 Å². The number of halogens is 1. The third-order valence-electron chi connectivity index (χ3n) is 3.11. The van der Waals surface area contributed by atoms with Crippen LogP contribution in [0, 0.1) is 12.7 Å². The molecule has 1 aromatic rings. The lowest BCUT2D eigenvalue weighted by molar-refractivity contribution is -0.0456. The summed E-state index contributed by atoms with van der Waals surface area (Å²) in [4.78, 5) is 0. The fraction of sp³-hybridized carbons (Fsp3) is 0.500. The van der Waals surface area contributed by atoms with Gasteiger partial charge in [-0.1, -0.05) is 6.07 Å². The summed E-state index contributed by atoms with van der Waals surface area (Å²) in [6.45, 7) is 1.86. The summed E-state index contributed by atoms with van der Waals surface area (Å²) >= 11 is 0. The van der Waals surface area contributed by atoms with Gasteiger partial charge in [-0.25, -0.2) is 4.39 Å². The molecule has 0 unspecified atom stereocenters. The lowest BCUT2D eigenvalue weighted by atomic mass is 9.72. The van der Waals surface area contributed by atoms with Gasteiger partial charge in [-0.05, 0) is 43.0 Å². The molecule has 1 fully saturated rings. The Morgan fingerprint density at radius 2 is 2.20 bits per heavy atom. The normalized spacial score (nSPS) is 30.0. The van der Waals surface area contributed by atoms with Crippen LogP contribution in [-0.2, 0) is 6.42 Å². The predicted molar refractivity (Wildman–Crippen MR) is 57.0 cm³/mol. The Kier molecular flexibility index (Phi) is 2.52. The highest BCUT2D eigenvalue weighted by Crippen LogP contribution is 2.34. The number of benzene rings is 1. The first kappa shape index (κ1) is 10.6. The van der Waals surface area contributed by atoms with Gasteiger partial charge in [0.1, 0.15) is 5.82 Å². The van der Waals surface area contributed by atoms with Crippen LogP contribution in [0.5, 0.6) is 0 Å². The Hall–Kier alpha value is -0.930. The van der Waals surface area contributed by atoms with Gasteiger partial charge in [0, 0.05) is 12.5 Å². The highest BCUT2D eigenvalue weighted by Gasteiger charge is 2.40. The molecular formula is C12H16FNO. The van der Waals surface area contributed by atoms with Crippen LogP contribution in [0.15, 0.2) is 18.2 Å². The molecule has 0 spiro atoms. The zero-order chi connectivity index (χ0) is 11.1. The van der Waals surface area contributed by atoms with Crippen LogP contribution in [-0.4, -0.2) is 16.7 Å². The van der Waals surface area contributed by atoms with Gasteiger partial charge in [0.25, 0.3) is 0 Å². The molecule has 0 aromatic heterocycles. The van der Waals surface area contributed by atoms with E-state index in [9.17, 15) is 9.50 Å². The van der Waals surface area contributed by atoms with E-state index in [1.165, 1.54) is 12.1 Å². The third-order valence-corrected chi connectivity index (χ3v) is 3.11. The summed E-state index contributed by atoms with van der Waals surface area (Å²) in [5, 5.41) is 10.1. The van der Waals surface area contributed by atoms with E-state index in [4.69, 9.17) is 5.73 Å². The maximum absolute atomic E-state index is 12.9. The van der Waals surface area contributed by atoms with Crippen molar-refractivity contribution in [2.24, 2.45) is 5.73 Å². The second kappa shape index (κ2) is 3.58. The van der Waals surface area contributed by atoms with Gasteiger partial charge in [0.05, 0.1) is 5.60 Å². The predicted octanol–water partition coefficient (Wildman–Crippen LogP) is 1.53. The molecule has 0 bridgehead atoms. The number of aliphatic hydroxyl groups is 1. The van der Waals surface area contributed by atoms with Crippen molar-refractivity contribution in [3.05, 3.63) is 35.1 Å². The molecule has 0 atom stereocenters. The SMILES string of the molecule is Cc1cc(F)ccc1CC1(O)CC(N)C1. The van der Waals surface area contributed by atoms with Crippen molar-refractivity contribution in [3.63, 3.8) is 0 Å². The van der Waals surface area contributed by atoms with E-state index in [0.717, 1.165) is 11.1 Å². The summed E-state index contributed by atoms with van der Waals surface area (Å²) in [6, 6.07) is 4.80. The van der Waals surface area contributed by atoms with E-state index >= 15 is 0 Å². The fourth-order valence-corrected chi connectivity index (χ4v) is 2.27. The largest absolute Gasteiger partial charge is 0.389 e. The van der Waals surface area contributed by atoms with Crippen LogP contribution in [0.3, 0.4) is 0 Å². The van der Waals surface area contributed by atoms with Gasteiger partial charge < -0.3 is 10.8 Å². The van der Waals surface area contributed by atoms with Gasteiger partial charge >= 0.3 is 0 Å². The quantitative estimate of drug-likeness (QED) is 0.776. The van der Waals surface area contributed by atoms with Gasteiger partial charge in [0.15, 0.2) is 0 Å². The van der Waals surface area contributed by atoms with Crippen molar-refractivity contribution in [3.8, 4) is 0 Å². The van der Waals surface area contributed by atoms with Crippen LogP contribution in [0.4, 0.5) is 4.39 Å². The summed E-state index contributed by atoms with van der Waals surface area (Å²) in [7, 11) is 0. The second-order valence-electron chi connectivity index (χ2n) is 4.64. The molecule has 3 heteroatoms. The molecule has 0 aliphatic heterocycles. The summed E-state index contributed by atoms with van der Waals surface area (Å²) in [5.41, 5.74) is 6.88. The number of rotatable bonds is 2. The number of nitrogens with two attached hydrogens (primary N) is 1. The highest BCUT2D eigenvalue weighted by molar-refractivity contribution is 5.28. The molecule has 82 valence electrons. The molecule has 2 nitrogen and oxygen atoms in total. The maximum atomic E-state index is 12.9. The average Bonchev–Trinajstić information content (AvgIpc) is 2.08. The number of hydrogen-bond acceptors (Lipinski definition) is 2. The molecule has 2 rings (SSSR count). The zero-order valence-corrected chi connectivity index (χ0v) is 8.83. The second-order valence-corrected chi connectivity index (χ2v) is 4.64. The topological polar surface area (TPSA) is 46.2 Å². The minimum Gasteiger partial charge on any atom is -0.389 e. The smallest absolute Gasteiger partial charge is 0.123 e. The Balaban J connectivity index is 2.11. The molecule has 0 radical (unpaired) electrons. The summed E-state index contributed by atoms with van der Waals surface area (Å²) < 4.78 is 12.9. The Morgan fingerprint density at radius 3 is 2.73 bits per heavy atom. The number of hydrogen-bond donors (Lipinski definition) is 2. The summed E-state index contributed by atoms with van der Waals surface area (Å²) in [6.07, 6.45) is 1.86. The van der Waals surface area contributed by atoms with Gasteiger partial charge in [-0.15, -0.1) is 0 Å². The van der Waals surface area contributed by atoms with Crippen LogP contribution in [0.25, 0.3) is 0 Å². The zero-order valence-electron chi connectivity index (χ0n) is 8.83.